The molecule has 3 N–H and O–H groups in total. The van der Waals surface area contributed by atoms with E-state index in [9.17, 15) is 9.59 Å². The van der Waals surface area contributed by atoms with Crippen molar-refractivity contribution in [1.82, 2.24) is 5.48 Å². The fourth-order valence-electron chi connectivity index (χ4n) is 2.27. The Hall–Kier alpha value is -1.26. The number of hydroxylamine groups is 1. The van der Waals surface area contributed by atoms with Gasteiger partial charge in [-0.15, -0.1) is 0 Å². The molecule has 0 rings (SSSR count). The molecule has 0 aromatic heterocycles. The fraction of sp³-hybridized carbons (Fsp3) is 0.875. The van der Waals surface area contributed by atoms with Crippen molar-refractivity contribution in [2.75, 3.05) is 0 Å². The first-order valence-corrected chi connectivity index (χ1v) is 8.42. The summed E-state index contributed by atoms with van der Waals surface area (Å²) in [6.07, 6.45) is 15.4. The van der Waals surface area contributed by atoms with Gasteiger partial charge in [0.1, 0.15) is 0 Å². The van der Waals surface area contributed by atoms with Crippen molar-refractivity contribution in [2.45, 2.75) is 90.4 Å². The average molecular weight is 300 g/mol. The molecule has 0 radical (unpaired) electrons. The lowest BCUT2D eigenvalue weighted by Gasteiger charge is -2.04. The summed E-state index contributed by atoms with van der Waals surface area (Å²) in [4.78, 5) is 25.9. The molecule has 0 aliphatic heterocycles. The van der Waals surface area contributed by atoms with E-state index in [1.54, 1.807) is 0 Å². The van der Waals surface area contributed by atoms with Crippen LogP contribution in [0.25, 0.3) is 0 Å². The second kappa shape index (κ2) is 15.1. The molecule has 0 bridgehead atoms. The Labute approximate surface area is 128 Å². The van der Waals surface area contributed by atoms with E-state index in [1.807, 2.05) is 5.48 Å². The topological polar surface area (TPSA) is 81.4 Å². The number of nitrogens with two attached hydrogens (primary N) is 1. The van der Waals surface area contributed by atoms with Crippen LogP contribution in [-0.4, -0.2) is 12.0 Å². The molecule has 0 fully saturated rings. The number of hydrogen-bond acceptors (Lipinski definition) is 3. The van der Waals surface area contributed by atoms with E-state index in [-0.39, 0.29) is 0 Å². The quantitative estimate of drug-likeness (QED) is 0.395. The van der Waals surface area contributed by atoms with Gasteiger partial charge in [0.15, 0.2) is 0 Å². The largest absolute Gasteiger partial charge is 0.349 e. The number of primary amides is 1. The van der Waals surface area contributed by atoms with Gasteiger partial charge in [-0.25, -0.2) is 9.59 Å². The molecule has 0 aromatic rings. The summed E-state index contributed by atoms with van der Waals surface area (Å²) < 4.78 is 0. The number of hydrogen-bond donors (Lipinski definition) is 2. The molecule has 21 heavy (non-hydrogen) atoms. The van der Waals surface area contributed by atoms with Crippen molar-refractivity contribution in [1.29, 1.82) is 0 Å². The van der Waals surface area contributed by atoms with E-state index in [2.05, 4.69) is 11.8 Å². The maximum atomic E-state index is 11.1. The van der Waals surface area contributed by atoms with Gasteiger partial charge in [-0.1, -0.05) is 77.6 Å². The Morgan fingerprint density at radius 1 is 0.810 bits per heavy atom. The highest BCUT2D eigenvalue weighted by Gasteiger charge is 2.03. The summed E-state index contributed by atoms with van der Waals surface area (Å²) >= 11 is 0. The smallest absolute Gasteiger partial charge is 0.345 e. The van der Waals surface area contributed by atoms with Gasteiger partial charge in [0.05, 0.1) is 0 Å². The van der Waals surface area contributed by atoms with Crippen molar-refractivity contribution < 1.29 is 14.4 Å². The summed E-state index contributed by atoms with van der Waals surface area (Å²) in [5, 5.41) is 0. The predicted molar refractivity (Wildman–Crippen MR) is 84.5 cm³/mol. The van der Waals surface area contributed by atoms with Gasteiger partial charge in [-0.3, -0.25) is 0 Å². The summed E-state index contributed by atoms with van der Waals surface area (Å²) in [6.45, 7) is 2.24. The fourth-order valence-corrected chi connectivity index (χ4v) is 2.27. The summed E-state index contributed by atoms with van der Waals surface area (Å²) in [5.41, 5.74) is 6.61. The molecule has 0 aliphatic carbocycles. The molecule has 0 aromatic carbocycles. The van der Waals surface area contributed by atoms with Crippen LogP contribution in [0.15, 0.2) is 0 Å². The van der Waals surface area contributed by atoms with E-state index >= 15 is 0 Å². The van der Waals surface area contributed by atoms with Gasteiger partial charge in [-0.2, -0.15) is 5.48 Å². The first-order chi connectivity index (χ1) is 10.2. The van der Waals surface area contributed by atoms with Gasteiger partial charge in [0.2, 0.25) is 0 Å². The standard InChI is InChI=1S/C16H32N2O3/c1-2-3-4-5-6-7-8-9-10-11-12-13-14-15(19)21-18-16(17)20/h2-14H2,1H3,(H3,17,18,20). The molecule has 0 unspecified atom stereocenters. The zero-order valence-corrected chi connectivity index (χ0v) is 13.5. The van der Waals surface area contributed by atoms with Gasteiger partial charge in [-0.05, 0) is 6.42 Å². The van der Waals surface area contributed by atoms with Crippen LogP contribution in [0.1, 0.15) is 90.4 Å². The molecule has 0 aliphatic rings. The van der Waals surface area contributed by atoms with E-state index in [4.69, 9.17) is 5.73 Å². The molecule has 0 saturated carbocycles. The Morgan fingerprint density at radius 2 is 1.24 bits per heavy atom. The van der Waals surface area contributed by atoms with Crippen LogP contribution in [0.3, 0.4) is 0 Å². The Balaban J connectivity index is 3.12. The SMILES string of the molecule is CCCCCCCCCCCCCCC(=O)ONC(N)=O. The normalized spacial score (nSPS) is 10.3. The van der Waals surface area contributed by atoms with Gasteiger partial charge in [0, 0.05) is 6.42 Å². The highest BCUT2D eigenvalue weighted by molar-refractivity contribution is 5.74. The lowest BCUT2D eigenvalue weighted by molar-refractivity contribution is -0.148. The zero-order valence-electron chi connectivity index (χ0n) is 13.5. The van der Waals surface area contributed by atoms with E-state index in [1.165, 1.54) is 57.8 Å². The van der Waals surface area contributed by atoms with Crippen LogP contribution in [0.2, 0.25) is 0 Å². The van der Waals surface area contributed by atoms with E-state index < -0.39 is 12.0 Å². The number of carbonyl (C=O) groups is 2. The number of unbranched alkanes of at least 4 members (excludes halogenated alkanes) is 11. The van der Waals surface area contributed by atoms with Gasteiger partial charge in [0.25, 0.3) is 0 Å². The maximum absolute atomic E-state index is 11.1. The molecular formula is C16H32N2O3. The molecule has 124 valence electrons. The predicted octanol–water partition coefficient (Wildman–Crippen LogP) is 4.20. The Morgan fingerprint density at radius 3 is 1.67 bits per heavy atom. The highest BCUT2D eigenvalue weighted by Crippen LogP contribution is 2.12. The number of rotatable bonds is 13. The molecule has 5 heteroatoms. The minimum atomic E-state index is -0.849. The van der Waals surface area contributed by atoms with Crippen LogP contribution in [0, 0.1) is 0 Å². The van der Waals surface area contributed by atoms with Crippen LogP contribution in [-0.2, 0) is 9.63 Å². The average Bonchev–Trinajstić information content (AvgIpc) is 2.46. The third-order valence-corrected chi connectivity index (χ3v) is 3.50. The molecular weight excluding hydrogens is 268 g/mol. The Bertz CT molecular complexity index is 270. The highest BCUT2D eigenvalue weighted by atomic mass is 16.7. The number of nitrogens with one attached hydrogen (secondary N) is 1. The van der Waals surface area contributed by atoms with E-state index in [0.29, 0.717) is 6.42 Å². The van der Waals surface area contributed by atoms with Crippen molar-refractivity contribution >= 4 is 12.0 Å². The second-order valence-electron chi connectivity index (χ2n) is 5.58. The lowest BCUT2D eigenvalue weighted by Crippen LogP contribution is -2.31. The summed E-state index contributed by atoms with van der Waals surface area (Å²) in [5.74, 6) is -0.430. The van der Waals surface area contributed by atoms with Crippen molar-refractivity contribution in [2.24, 2.45) is 5.73 Å². The molecule has 2 amide bonds. The molecule has 0 atom stereocenters. The summed E-state index contributed by atoms with van der Waals surface area (Å²) in [6, 6.07) is -0.849. The van der Waals surface area contributed by atoms with Crippen LogP contribution < -0.4 is 11.2 Å². The lowest BCUT2D eigenvalue weighted by atomic mass is 10.0. The Kier molecular flexibility index (Phi) is 14.2. The van der Waals surface area contributed by atoms with Crippen LogP contribution >= 0.6 is 0 Å². The second-order valence-corrected chi connectivity index (χ2v) is 5.58. The first kappa shape index (κ1) is 19.7. The zero-order chi connectivity index (χ0) is 15.8. The number of urea groups is 1. The van der Waals surface area contributed by atoms with Crippen molar-refractivity contribution in [3.05, 3.63) is 0 Å². The molecule has 0 saturated heterocycles. The maximum Gasteiger partial charge on any atom is 0.345 e. The summed E-state index contributed by atoms with van der Waals surface area (Å²) in [7, 11) is 0. The van der Waals surface area contributed by atoms with E-state index in [0.717, 1.165) is 19.3 Å². The third-order valence-electron chi connectivity index (χ3n) is 3.50. The molecule has 5 nitrogen and oxygen atoms in total. The molecule has 0 heterocycles. The first-order valence-electron chi connectivity index (χ1n) is 8.42. The molecule has 0 spiro atoms. The minimum absolute atomic E-state index is 0.331. The van der Waals surface area contributed by atoms with Gasteiger partial charge >= 0.3 is 12.0 Å². The third kappa shape index (κ3) is 16.7. The monoisotopic (exact) mass is 300 g/mol. The van der Waals surface area contributed by atoms with Crippen molar-refractivity contribution in [3.63, 3.8) is 0 Å². The van der Waals surface area contributed by atoms with Gasteiger partial charge < -0.3 is 10.6 Å². The van der Waals surface area contributed by atoms with Crippen molar-refractivity contribution in [3.8, 4) is 0 Å². The van der Waals surface area contributed by atoms with Crippen LogP contribution in [0.5, 0.6) is 0 Å². The number of carbonyl (C=O) groups excluding carboxylic acids is 2. The minimum Gasteiger partial charge on any atom is -0.349 e. The number of amides is 2. The van der Waals surface area contributed by atoms with Crippen LogP contribution in [0.4, 0.5) is 4.79 Å².